The van der Waals surface area contributed by atoms with Gasteiger partial charge in [-0.05, 0) is 12.5 Å². The molecule has 1 aromatic carbocycles. The number of hydrogen-bond donors (Lipinski definition) is 0. The third-order valence-corrected chi connectivity index (χ3v) is 3.75. The third kappa shape index (κ3) is 3.21. The van der Waals surface area contributed by atoms with E-state index in [0.29, 0.717) is 11.4 Å². The Hall–Kier alpha value is -0.800. The summed E-state index contributed by atoms with van der Waals surface area (Å²) < 4.78 is 15.5. The van der Waals surface area contributed by atoms with Crippen LogP contribution in [0.4, 0.5) is 4.39 Å². The zero-order valence-electron chi connectivity index (χ0n) is 10.9. The van der Waals surface area contributed by atoms with Crippen LogP contribution in [-0.2, 0) is 12.4 Å². The van der Waals surface area contributed by atoms with E-state index in [2.05, 4.69) is 11.9 Å². The zero-order valence-corrected chi connectivity index (χ0v) is 12.4. The number of unbranched alkanes of at least 4 members (excludes halogenated alkanes) is 3. The van der Waals surface area contributed by atoms with E-state index in [-0.39, 0.29) is 5.02 Å². The molecule has 0 saturated heterocycles. The molecule has 2 nitrogen and oxygen atoms in total. The van der Waals surface area contributed by atoms with Crippen LogP contribution in [0.25, 0.3) is 11.0 Å². The minimum Gasteiger partial charge on any atom is -0.327 e. The first-order valence-electron chi connectivity index (χ1n) is 6.57. The maximum Gasteiger partial charge on any atom is 0.144 e. The fourth-order valence-corrected chi connectivity index (χ4v) is 2.58. The van der Waals surface area contributed by atoms with Crippen LogP contribution in [0.5, 0.6) is 0 Å². The summed E-state index contributed by atoms with van der Waals surface area (Å²) in [5.74, 6) is 0.655. The average molecular weight is 303 g/mol. The van der Waals surface area contributed by atoms with Gasteiger partial charge in [-0.1, -0.05) is 37.8 Å². The number of nitrogens with zero attached hydrogens (tertiary/aromatic N) is 2. The van der Waals surface area contributed by atoms with Gasteiger partial charge >= 0.3 is 0 Å². The van der Waals surface area contributed by atoms with Gasteiger partial charge in [0.05, 0.1) is 21.9 Å². The lowest BCUT2D eigenvalue weighted by Crippen LogP contribution is -2.02. The lowest BCUT2D eigenvalue weighted by molar-refractivity contribution is 0.581. The summed E-state index contributed by atoms with van der Waals surface area (Å²) in [6.45, 7) is 3.03. The quantitative estimate of drug-likeness (QED) is 0.533. The monoisotopic (exact) mass is 302 g/mol. The van der Waals surface area contributed by atoms with E-state index in [9.17, 15) is 4.39 Å². The molecular weight excluding hydrogens is 286 g/mol. The summed E-state index contributed by atoms with van der Waals surface area (Å²) in [7, 11) is 0. The van der Waals surface area contributed by atoms with Crippen molar-refractivity contribution in [2.75, 3.05) is 0 Å². The van der Waals surface area contributed by atoms with Crippen LogP contribution in [0.3, 0.4) is 0 Å². The summed E-state index contributed by atoms with van der Waals surface area (Å²) in [4.78, 5) is 4.36. The molecule has 0 aliphatic rings. The van der Waals surface area contributed by atoms with Gasteiger partial charge in [0.15, 0.2) is 0 Å². The number of rotatable bonds is 6. The summed E-state index contributed by atoms with van der Waals surface area (Å²) in [5, 5.41) is 0.128. The van der Waals surface area contributed by atoms with Crippen LogP contribution < -0.4 is 0 Å². The number of aryl methyl sites for hydroxylation is 1. The first-order chi connectivity index (χ1) is 9.17. The van der Waals surface area contributed by atoms with Crippen molar-refractivity contribution in [2.24, 2.45) is 0 Å². The van der Waals surface area contributed by atoms with Crippen molar-refractivity contribution in [1.29, 1.82) is 0 Å². The molecule has 104 valence electrons. The molecule has 5 heteroatoms. The molecule has 0 aliphatic carbocycles. The van der Waals surface area contributed by atoms with E-state index >= 15 is 0 Å². The Bertz CT molecular complexity index is 566. The number of halogens is 3. The van der Waals surface area contributed by atoms with Crippen molar-refractivity contribution in [2.45, 2.75) is 45.0 Å². The fourth-order valence-electron chi connectivity index (χ4n) is 2.22. The number of aromatic nitrogens is 2. The molecule has 0 unspecified atom stereocenters. The molecule has 2 rings (SSSR count). The zero-order chi connectivity index (χ0) is 13.8. The Labute approximate surface area is 122 Å². The predicted octanol–water partition coefficient (Wildman–Crippen LogP) is 5.15. The molecule has 19 heavy (non-hydrogen) atoms. The van der Waals surface area contributed by atoms with Crippen LogP contribution in [0.15, 0.2) is 12.1 Å². The minimum atomic E-state index is -0.439. The highest BCUT2D eigenvalue weighted by molar-refractivity contribution is 6.31. The van der Waals surface area contributed by atoms with Gasteiger partial charge in [-0.15, -0.1) is 11.6 Å². The van der Waals surface area contributed by atoms with Crippen molar-refractivity contribution in [3.63, 3.8) is 0 Å². The van der Waals surface area contributed by atoms with Crippen molar-refractivity contribution < 1.29 is 4.39 Å². The molecule has 0 atom stereocenters. The van der Waals surface area contributed by atoms with Gasteiger partial charge in [-0.2, -0.15) is 0 Å². The highest BCUT2D eigenvalue weighted by atomic mass is 35.5. The van der Waals surface area contributed by atoms with E-state index in [1.807, 2.05) is 4.57 Å². The molecule has 1 aromatic heterocycles. The molecule has 0 fully saturated rings. The Morgan fingerprint density at radius 1 is 1.26 bits per heavy atom. The van der Waals surface area contributed by atoms with Gasteiger partial charge in [0.25, 0.3) is 0 Å². The molecule has 0 amide bonds. The van der Waals surface area contributed by atoms with Crippen molar-refractivity contribution in [3.05, 3.63) is 28.8 Å². The summed E-state index contributed by atoms with van der Waals surface area (Å²) in [6, 6.07) is 3.01. The van der Waals surface area contributed by atoms with Crippen molar-refractivity contribution in [3.8, 4) is 0 Å². The van der Waals surface area contributed by atoms with E-state index in [4.69, 9.17) is 23.2 Å². The van der Waals surface area contributed by atoms with Gasteiger partial charge in [0.1, 0.15) is 11.6 Å². The van der Waals surface area contributed by atoms with Gasteiger partial charge in [-0.3, -0.25) is 0 Å². The molecule has 0 radical (unpaired) electrons. The average Bonchev–Trinajstić information content (AvgIpc) is 2.73. The van der Waals surface area contributed by atoms with Crippen LogP contribution in [0.1, 0.15) is 38.4 Å². The maximum atomic E-state index is 13.4. The number of alkyl halides is 1. The van der Waals surface area contributed by atoms with Crippen LogP contribution >= 0.6 is 23.2 Å². The Morgan fingerprint density at radius 2 is 2.05 bits per heavy atom. The molecular formula is C14H17Cl2FN2. The highest BCUT2D eigenvalue weighted by Crippen LogP contribution is 2.25. The van der Waals surface area contributed by atoms with E-state index in [1.54, 1.807) is 6.07 Å². The summed E-state index contributed by atoms with van der Waals surface area (Å²) in [6.07, 6.45) is 4.66. The lowest BCUT2D eigenvalue weighted by Gasteiger charge is -2.07. The lowest BCUT2D eigenvalue weighted by atomic mass is 10.2. The molecule has 0 spiro atoms. The van der Waals surface area contributed by atoms with E-state index < -0.39 is 5.82 Å². The van der Waals surface area contributed by atoms with Crippen molar-refractivity contribution in [1.82, 2.24) is 9.55 Å². The molecule has 0 N–H and O–H groups in total. The SMILES string of the molecule is CCCCCCn1c(CCl)nc2cc(F)c(Cl)cc21. The maximum absolute atomic E-state index is 13.4. The topological polar surface area (TPSA) is 17.8 Å². The van der Waals surface area contributed by atoms with Crippen LogP contribution in [0.2, 0.25) is 5.02 Å². The number of imidazole rings is 1. The fraction of sp³-hybridized carbons (Fsp3) is 0.500. The summed E-state index contributed by atoms with van der Waals surface area (Å²) in [5.41, 5.74) is 1.48. The van der Waals surface area contributed by atoms with E-state index in [0.717, 1.165) is 24.3 Å². The number of benzene rings is 1. The summed E-state index contributed by atoms with van der Waals surface area (Å²) >= 11 is 11.8. The number of hydrogen-bond acceptors (Lipinski definition) is 1. The molecule has 0 saturated carbocycles. The smallest absolute Gasteiger partial charge is 0.144 e. The largest absolute Gasteiger partial charge is 0.327 e. The predicted molar refractivity (Wildman–Crippen MR) is 78.4 cm³/mol. The second kappa shape index (κ2) is 6.58. The first kappa shape index (κ1) is 14.6. The Balaban J connectivity index is 2.31. The van der Waals surface area contributed by atoms with Crippen LogP contribution in [-0.4, -0.2) is 9.55 Å². The molecule has 0 bridgehead atoms. The normalized spacial score (nSPS) is 11.4. The minimum absolute atomic E-state index is 0.128. The van der Waals surface area contributed by atoms with Crippen LogP contribution in [0, 0.1) is 5.82 Å². The van der Waals surface area contributed by atoms with Gasteiger partial charge in [-0.25, -0.2) is 9.37 Å². The standard InChI is InChI=1S/C14H17Cl2FN2/c1-2-3-4-5-6-19-13-7-10(16)11(17)8-12(13)18-14(19)9-15/h7-8H,2-6,9H2,1H3. The Kier molecular flexibility index (Phi) is 5.06. The highest BCUT2D eigenvalue weighted by Gasteiger charge is 2.12. The van der Waals surface area contributed by atoms with Gasteiger partial charge in [0, 0.05) is 12.6 Å². The molecule has 1 heterocycles. The van der Waals surface area contributed by atoms with E-state index in [1.165, 1.54) is 25.3 Å². The Morgan fingerprint density at radius 3 is 2.74 bits per heavy atom. The van der Waals surface area contributed by atoms with Gasteiger partial charge < -0.3 is 4.57 Å². The van der Waals surface area contributed by atoms with Gasteiger partial charge in [0.2, 0.25) is 0 Å². The number of fused-ring (bicyclic) bond motifs is 1. The third-order valence-electron chi connectivity index (χ3n) is 3.22. The molecule has 0 aliphatic heterocycles. The second-order valence-corrected chi connectivity index (χ2v) is 5.30. The molecule has 2 aromatic rings. The van der Waals surface area contributed by atoms with Crippen molar-refractivity contribution >= 4 is 34.2 Å². The second-order valence-electron chi connectivity index (χ2n) is 4.63. The first-order valence-corrected chi connectivity index (χ1v) is 7.48.